The van der Waals surface area contributed by atoms with E-state index in [-0.39, 0.29) is 41.2 Å². The van der Waals surface area contributed by atoms with Crippen LogP contribution in [0.25, 0.3) is 0 Å². The molecule has 3 heterocycles. The number of anilines is 1. The van der Waals surface area contributed by atoms with Crippen LogP contribution in [-0.2, 0) is 34.5 Å². The molecule has 15 heteroatoms. The van der Waals surface area contributed by atoms with Crippen LogP contribution >= 0.6 is 11.6 Å². The Morgan fingerprint density at radius 3 is 2.64 bits per heavy atom. The molecule has 1 amide bonds. The second-order valence-electron chi connectivity index (χ2n) is 11.2. The zero-order chi connectivity index (χ0) is 31.8. The highest BCUT2D eigenvalue weighted by atomic mass is 35.5. The fourth-order valence-electron chi connectivity index (χ4n) is 6.00. The van der Waals surface area contributed by atoms with Crippen LogP contribution in [0.5, 0.6) is 0 Å². The number of aryl methyl sites for hydroxylation is 1. The van der Waals surface area contributed by atoms with E-state index in [2.05, 4.69) is 15.7 Å². The number of nitrogens with one attached hydrogen (secondary N) is 2. The van der Waals surface area contributed by atoms with Crippen molar-refractivity contribution in [1.29, 1.82) is 0 Å². The molecule has 238 valence electrons. The normalized spacial score (nSPS) is 23.0. The first-order chi connectivity index (χ1) is 20.7. The summed E-state index contributed by atoms with van der Waals surface area (Å²) in [6.07, 6.45) is -2.96. The molecule has 0 aliphatic carbocycles. The molecule has 2 aliphatic heterocycles. The molecule has 5 unspecified atom stereocenters. The Labute approximate surface area is 257 Å². The number of fused-ring (bicyclic) bond motifs is 2. The van der Waals surface area contributed by atoms with E-state index >= 15 is 4.39 Å². The summed E-state index contributed by atoms with van der Waals surface area (Å²) in [5.41, 5.74) is 6.08. The molecule has 1 aromatic heterocycles. The van der Waals surface area contributed by atoms with Crippen molar-refractivity contribution >= 4 is 33.2 Å². The van der Waals surface area contributed by atoms with Gasteiger partial charge in [-0.25, -0.2) is 12.8 Å². The number of nitrogens with zero attached hydrogens (tertiary/aromatic N) is 3. The second-order valence-corrected chi connectivity index (χ2v) is 13.7. The molecule has 5 atom stereocenters. The van der Waals surface area contributed by atoms with Gasteiger partial charge in [0.25, 0.3) is 0 Å². The van der Waals surface area contributed by atoms with Crippen molar-refractivity contribution in [2.45, 2.75) is 55.9 Å². The highest BCUT2D eigenvalue weighted by molar-refractivity contribution is 7.89. The van der Waals surface area contributed by atoms with Gasteiger partial charge in [-0.2, -0.15) is 22.6 Å². The minimum absolute atomic E-state index is 0.0449. The van der Waals surface area contributed by atoms with Crippen molar-refractivity contribution in [3.63, 3.8) is 0 Å². The monoisotopic (exact) mass is 656 g/mol. The molecular formula is C29H33ClF4N6O3S. The van der Waals surface area contributed by atoms with Crippen molar-refractivity contribution in [2.24, 2.45) is 12.8 Å². The predicted molar refractivity (Wildman–Crippen MR) is 158 cm³/mol. The van der Waals surface area contributed by atoms with Crippen LogP contribution in [0.15, 0.2) is 48.5 Å². The Kier molecular flexibility index (Phi) is 9.38. The molecule has 2 saturated heterocycles. The van der Waals surface area contributed by atoms with Crippen molar-refractivity contribution < 1.29 is 30.8 Å². The Morgan fingerprint density at radius 2 is 1.95 bits per heavy atom. The summed E-state index contributed by atoms with van der Waals surface area (Å²) in [5, 5.41) is 10.0. The highest BCUT2D eigenvalue weighted by Gasteiger charge is 2.39. The van der Waals surface area contributed by atoms with Crippen LogP contribution in [0.4, 0.5) is 23.2 Å². The number of aromatic nitrogens is 2. The molecule has 2 aliphatic rings. The van der Waals surface area contributed by atoms with Gasteiger partial charge >= 0.3 is 6.18 Å². The number of hydrogen-bond donors (Lipinski definition) is 3. The van der Waals surface area contributed by atoms with Crippen molar-refractivity contribution in [2.75, 3.05) is 24.2 Å². The lowest BCUT2D eigenvalue weighted by atomic mass is 9.88. The number of sulfonamides is 1. The van der Waals surface area contributed by atoms with E-state index < -0.39 is 45.6 Å². The van der Waals surface area contributed by atoms with E-state index in [4.69, 9.17) is 17.3 Å². The third-order valence-corrected chi connectivity index (χ3v) is 10.5. The molecule has 0 radical (unpaired) electrons. The number of piperazine rings is 1. The number of benzene rings is 2. The SMILES string of the molecule is Cn1nc(C(F)(F)F)cc1C(c1ccc(Cl)cc1)C(N)C(=O)Nc1cccc(F)c1CCC1CNC2CCCS(=O)(=O)N1C2. The lowest BCUT2D eigenvalue weighted by Gasteiger charge is -2.37. The van der Waals surface area contributed by atoms with Gasteiger partial charge < -0.3 is 16.4 Å². The van der Waals surface area contributed by atoms with Crippen LogP contribution in [0.1, 0.15) is 47.7 Å². The minimum Gasteiger partial charge on any atom is -0.324 e. The lowest BCUT2D eigenvalue weighted by Crippen LogP contribution is -2.57. The van der Waals surface area contributed by atoms with Gasteiger partial charge in [-0.1, -0.05) is 29.8 Å². The average Bonchev–Trinajstić information content (AvgIpc) is 3.30. The standard InChI is InChI=1S/C29H33ClF4N6O3S/c1-39-24(14-25(38-39)29(32,33)34)26(17-7-9-18(30)10-8-17)27(35)28(41)37-23-6-2-5-22(31)21(23)12-11-20-15-36-19-4-3-13-44(42,43)40(20)16-19/h2,5-10,14,19-20,26-27,36H,3-4,11-13,15-16,35H2,1H3,(H,37,41). The van der Waals surface area contributed by atoms with Gasteiger partial charge in [0.2, 0.25) is 15.9 Å². The summed E-state index contributed by atoms with van der Waals surface area (Å²) in [7, 11) is -2.12. The van der Waals surface area contributed by atoms with E-state index in [1.54, 1.807) is 12.1 Å². The van der Waals surface area contributed by atoms with Crippen molar-refractivity contribution in [1.82, 2.24) is 19.4 Å². The third-order valence-electron chi connectivity index (χ3n) is 8.28. The molecule has 3 aromatic rings. The molecule has 2 aromatic carbocycles. The summed E-state index contributed by atoms with van der Waals surface area (Å²) in [5.74, 6) is -2.35. The summed E-state index contributed by atoms with van der Waals surface area (Å²) in [6, 6.07) is 9.48. The van der Waals surface area contributed by atoms with E-state index in [1.807, 2.05) is 0 Å². The zero-order valence-corrected chi connectivity index (χ0v) is 25.4. The van der Waals surface area contributed by atoms with Gasteiger partial charge in [0.1, 0.15) is 5.82 Å². The summed E-state index contributed by atoms with van der Waals surface area (Å²) < 4.78 is 83.9. The molecule has 0 saturated carbocycles. The molecule has 4 N–H and O–H groups in total. The van der Waals surface area contributed by atoms with Crippen molar-refractivity contribution in [3.05, 3.63) is 81.9 Å². The summed E-state index contributed by atoms with van der Waals surface area (Å²) in [6.45, 7) is 0.789. The fraction of sp³-hybridized carbons (Fsp3) is 0.448. The van der Waals surface area contributed by atoms with E-state index in [9.17, 15) is 26.4 Å². The lowest BCUT2D eigenvalue weighted by molar-refractivity contribution is -0.141. The first-order valence-corrected chi connectivity index (χ1v) is 16.2. The van der Waals surface area contributed by atoms with Crippen LogP contribution in [-0.4, -0.2) is 65.4 Å². The van der Waals surface area contributed by atoms with Crippen LogP contribution in [0, 0.1) is 5.82 Å². The fourth-order valence-corrected chi connectivity index (χ4v) is 7.93. The third kappa shape index (κ3) is 6.94. The van der Waals surface area contributed by atoms with Gasteiger partial charge in [-0.05, 0) is 61.6 Å². The molecule has 9 nitrogen and oxygen atoms in total. The van der Waals surface area contributed by atoms with Gasteiger partial charge in [-0.15, -0.1) is 0 Å². The topological polar surface area (TPSA) is 122 Å². The first kappa shape index (κ1) is 32.4. The van der Waals surface area contributed by atoms with Gasteiger partial charge in [0.05, 0.1) is 17.7 Å². The maximum atomic E-state index is 15.2. The summed E-state index contributed by atoms with van der Waals surface area (Å²) >= 11 is 6.02. The minimum atomic E-state index is -4.72. The van der Waals surface area contributed by atoms with E-state index in [0.717, 1.165) is 17.2 Å². The van der Waals surface area contributed by atoms with Crippen LogP contribution in [0.2, 0.25) is 5.02 Å². The zero-order valence-electron chi connectivity index (χ0n) is 23.8. The number of nitrogens with two attached hydrogens (primary N) is 1. The average molecular weight is 657 g/mol. The largest absolute Gasteiger partial charge is 0.435 e. The predicted octanol–water partition coefficient (Wildman–Crippen LogP) is 4.03. The number of amides is 1. The molecule has 5 rings (SSSR count). The maximum absolute atomic E-state index is 15.2. The van der Waals surface area contributed by atoms with Crippen LogP contribution < -0.4 is 16.4 Å². The number of halogens is 5. The number of rotatable bonds is 8. The molecular weight excluding hydrogens is 624 g/mol. The molecule has 2 fully saturated rings. The first-order valence-electron chi connectivity index (χ1n) is 14.2. The molecule has 44 heavy (non-hydrogen) atoms. The van der Waals surface area contributed by atoms with Crippen LogP contribution in [0.3, 0.4) is 0 Å². The highest BCUT2D eigenvalue weighted by Crippen LogP contribution is 2.35. The van der Waals surface area contributed by atoms with E-state index in [0.29, 0.717) is 36.5 Å². The number of carbonyl (C=O) groups excluding carboxylic acids is 1. The summed E-state index contributed by atoms with van der Waals surface area (Å²) in [4.78, 5) is 13.6. The Hall–Kier alpha value is -3.04. The second kappa shape index (κ2) is 12.8. The maximum Gasteiger partial charge on any atom is 0.435 e. The number of alkyl halides is 3. The van der Waals surface area contributed by atoms with Crippen molar-refractivity contribution in [3.8, 4) is 0 Å². The quantitative estimate of drug-likeness (QED) is 0.315. The Balaban J connectivity index is 1.39. The number of hydrogen-bond acceptors (Lipinski definition) is 6. The van der Waals surface area contributed by atoms with Gasteiger partial charge in [-0.3, -0.25) is 9.48 Å². The van der Waals surface area contributed by atoms with Gasteiger partial charge in [0.15, 0.2) is 5.69 Å². The molecule has 2 bridgehead atoms. The smallest absolute Gasteiger partial charge is 0.324 e. The molecule has 0 spiro atoms. The van der Waals surface area contributed by atoms with Gasteiger partial charge in [0, 0.05) is 54.2 Å². The van der Waals surface area contributed by atoms with E-state index in [1.165, 1.54) is 41.7 Å². The Bertz CT molecular complexity index is 1620. The number of carbonyl (C=O) groups is 1. The Morgan fingerprint density at radius 1 is 1.23 bits per heavy atom.